The first-order chi connectivity index (χ1) is 10.1. The first kappa shape index (κ1) is 15.5. The normalized spacial score (nSPS) is 15.5. The number of aryl methyl sites for hydroxylation is 1. The zero-order valence-electron chi connectivity index (χ0n) is 12.2. The molecule has 0 aliphatic heterocycles. The van der Waals surface area contributed by atoms with Crippen LogP contribution in [0.2, 0.25) is 0 Å². The molecule has 0 radical (unpaired) electrons. The van der Waals surface area contributed by atoms with E-state index in [4.69, 9.17) is 9.84 Å². The van der Waals surface area contributed by atoms with E-state index in [1.807, 2.05) is 0 Å². The van der Waals surface area contributed by atoms with Crippen LogP contribution in [0.3, 0.4) is 0 Å². The van der Waals surface area contributed by atoms with E-state index in [-0.39, 0.29) is 17.5 Å². The number of amides is 1. The van der Waals surface area contributed by atoms with E-state index in [1.165, 1.54) is 0 Å². The third-order valence-electron chi connectivity index (χ3n) is 3.73. The van der Waals surface area contributed by atoms with E-state index in [1.54, 1.807) is 31.4 Å². The maximum absolute atomic E-state index is 11.9. The second kappa shape index (κ2) is 7.22. The maximum Gasteiger partial charge on any atom is 0.335 e. The summed E-state index contributed by atoms with van der Waals surface area (Å²) in [6.07, 6.45) is 3.32. The van der Waals surface area contributed by atoms with Crippen molar-refractivity contribution in [1.82, 2.24) is 5.32 Å². The van der Waals surface area contributed by atoms with Gasteiger partial charge in [0.25, 0.3) is 0 Å². The Morgan fingerprint density at radius 2 is 2.00 bits per heavy atom. The summed E-state index contributed by atoms with van der Waals surface area (Å²) in [7, 11) is 1.64. The summed E-state index contributed by atoms with van der Waals surface area (Å²) in [6.45, 7) is 0.559. The topological polar surface area (TPSA) is 75.6 Å². The largest absolute Gasteiger partial charge is 0.478 e. The second-order valence-electron chi connectivity index (χ2n) is 5.47. The van der Waals surface area contributed by atoms with Crippen molar-refractivity contribution in [1.29, 1.82) is 0 Å². The number of hydrogen-bond donors (Lipinski definition) is 2. The van der Waals surface area contributed by atoms with Crippen LogP contribution in [-0.2, 0) is 16.0 Å². The van der Waals surface area contributed by atoms with E-state index < -0.39 is 5.97 Å². The highest BCUT2D eigenvalue weighted by Crippen LogP contribution is 2.32. The van der Waals surface area contributed by atoms with Crippen LogP contribution in [0.1, 0.15) is 35.2 Å². The monoisotopic (exact) mass is 291 g/mol. The van der Waals surface area contributed by atoms with Crippen LogP contribution in [0.15, 0.2) is 24.3 Å². The predicted octanol–water partition coefficient (Wildman–Crippen LogP) is 1.86. The highest BCUT2D eigenvalue weighted by atomic mass is 16.5. The van der Waals surface area contributed by atoms with Gasteiger partial charge in [0.15, 0.2) is 0 Å². The number of carboxylic acids is 1. The first-order valence-electron chi connectivity index (χ1n) is 7.20. The summed E-state index contributed by atoms with van der Waals surface area (Å²) in [5, 5.41) is 11.8. The number of rotatable bonds is 8. The average Bonchev–Trinajstić information content (AvgIpc) is 3.29. The van der Waals surface area contributed by atoms with Crippen molar-refractivity contribution in [3.05, 3.63) is 35.4 Å². The number of carbonyl (C=O) groups is 2. The molecule has 0 aromatic heterocycles. The SMILES string of the molecule is COCC(NC(=O)CCc1ccc(C(=O)O)cc1)C1CC1. The lowest BCUT2D eigenvalue weighted by Gasteiger charge is -2.17. The molecule has 1 unspecified atom stereocenters. The molecule has 1 atom stereocenters. The number of benzene rings is 1. The average molecular weight is 291 g/mol. The molecule has 114 valence electrons. The Morgan fingerprint density at radius 1 is 1.33 bits per heavy atom. The molecule has 1 aromatic carbocycles. The molecule has 0 heterocycles. The molecule has 5 nitrogen and oxygen atoms in total. The molecule has 2 rings (SSSR count). The van der Waals surface area contributed by atoms with Gasteiger partial charge in [-0.25, -0.2) is 4.79 Å². The molecule has 0 spiro atoms. The van der Waals surface area contributed by atoms with Crippen LogP contribution in [-0.4, -0.2) is 36.7 Å². The Balaban J connectivity index is 1.78. The number of carbonyl (C=O) groups excluding carboxylic acids is 1. The Kier molecular flexibility index (Phi) is 5.33. The fourth-order valence-electron chi connectivity index (χ4n) is 2.32. The number of hydrogen-bond acceptors (Lipinski definition) is 3. The molecule has 5 heteroatoms. The number of methoxy groups -OCH3 is 1. The predicted molar refractivity (Wildman–Crippen MR) is 78.3 cm³/mol. The van der Waals surface area contributed by atoms with Gasteiger partial charge in [-0.1, -0.05) is 12.1 Å². The minimum Gasteiger partial charge on any atom is -0.478 e. The summed E-state index contributed by atoms with van der Waals surface area (Å²) >= 11 is 0. The van der Waals surface area contributed by atoms with Gasteiger partial charge in [-0.15, -0.1) is 0 Å². The van der Waals surface area contributed by atoms with E-state index >= 15 is 0 Å². The van der Waals surface area contributed by atoms with Crippen LogP contribution < -0.4 is 5.32 Å². The third-order valence-corrected chi connectivity index (χ3v) is 3.73. The van der Waals surface area contributed by atoms with Gasteiger partial charge in [0, 0.05) is 13.5 Å². The summed E-state index contributed by atoms with van der Waals surface area (Å²) in [5.41, 5.74) is 1.22. The van der Waals surface area contributed by atoms with Crippen molar-refractivity contribution < 1.29 is 19.4 Å². The lowest BCUT2D eigenvalue weighted by atomic mass is 10.1. The van der Waals surface area contributed by atoms with E-state index in [2.05, 4.69) is 5.32 Å². The van der Waals surface area contributed by atoms with Gasteiger partial charge in [-0.05, 0) is 42.9 Å². The third kappa shape index (κ3) is 4.86. The van der Waals surface area contributed by atoms with Gasteiger partial charge in [0.1, 0.15) is 0 Å². The minimum atomic E-state index is -0.939. The Labute approximate surface area is 124 Å². The van der Waals surface area contributed by atoms with E-state index in [9.17, 15) is 9.59 Å². The molecule has 1 aromatic rings. The summed E-state index contributed by atoms with van der Waals surface area (Å²) in [4.78, 5) is 22.7. The first-order valence-corrected chi connectivity index (χ1v) is 7.20. The minimum absolute atomic E-state index is 0.0197. The van der Waals surface area contributed by atoms with Gasteiger partial charge >= 0.3 is 5.97 Å². The van der Waals surface area contributed by atoms with Crippen LogP contribution >= 0.6 is 0 Å². The molecular formula is C16H21NO4. The van der Waals surface area contributed by atoms with Crippen molar-refractivity contribution in [3.8, 4) is 0 Å². The Bertz CT molecular complexity index is 494. The van der Waals surface area contributed by atoms with Crippen molar-refractivity contribution in [2.75, 3.05) is 13.7 Å². The smallest absolute Gasteiger partial charge is 0.335 e. The number of carboxylic acid groups (broad SMARTS) is 1. The molecular weight excluding hydrogens is 270 g/mol. The fourth-order valence-corrected chi connectivity index (χ4v) is 2.32. The van der Waals surface area contributed by atoms with Crippen LogP contribution in [0.25, 0.3) is 0 Å². The van der Waals surface area contributed by atoms with Crippen molar-refractivity contribution in [3.63, 3.8) is 0 Å². The Morgan fingerprint density at radius 3 is 2.52 bits per heavy atom. The Hall–Kier alpha value is -1.88. The molecule has 0 bridgehead atoms. The number of nitrogens with one attached hydrogen (secondary N) is 1. The van der Waals surface area contributed by atoms with Crippen molar-refractivity contribution in [2.45, 2.75) is 31.7 Å². The molecule has 1 saturated carbocycles. The zero-order chi connectivity index (χ0) is 15.2. The molecule has 21 heavy (non-hydrogen) atoms. The number of aromatic carboxylic acids is 1. The summed E-state index contributed by atoms with van der Waals surface area (Å²) < 4.78 is 5.13. The molecule has 1 fully saturated rings. The van der Waals surface area contributed by atoms with Gasteiger partial charge in [0.2, 0.25) is 5.91 Å². The fraction of sp³-hybridized carbons (Fsp3) is 0.500. The standard InChI is InChI=1S/C16H21NO4/c1-21-10-14(12-7-8-12)17-15(18)9-4-11-2-5-13(6-3-11)16(19)20/h2-3,5-6,12,14H,4,7-10H2,1H3,(H,17,18)(H,19,20). The van der Waals surface area contributed by atoms with Gasteiger partial charge < -0.3 is 15.2 Å². The van der Waals surface area contributed by atoms with Crippen LogP contribution in [0, 0.1) is 5.92 Å². The van der Waals surface area contributed by atoms with Crippen molar-refractivity contribution >= 4 is 11.9 Å². The van der Waals surface area contributed by atoms with Crippen LogP contribution in [0.4, 0.5) is 0 Å². The quantitative estimate of drug-likeness (QED) is 0.766. The van der Waals surface area contributed by atoms with E-state index in [0.717, 1.165) is 18.4 Å². The molecule has 1 aliphatic carbocycles. The molecule has 1 aliphatic rings. The summed E-state index contributed by atoms with van der Waals surface area (Å²) in [6, 6.07) is 6.76. The highest BCUT2D eigenvalue weighted by molar-refractivity contribution is 5.87. The second-order valence-corrected chi connectivity index (χ2v) is 5.47. The van der Waals surface area contributed by atoms with Crippen LogP contribution in [0.5, 0.6) is 0 Å². The highest BCUT2D eigenvalue weighted by Gasteiger charge is 2.31. The molecule has 0 saturated heterocycles. The lowest BCUT2D eigenvalue weighted by molar-refractivity contribution is -0.122. The number of ether oxygens (including phenoxy) is 1. The van der Waals surface area contributed by atoms with Gasteiger partial charge in [-0.3, -0.25) is 4.79 Å². The summed E-state index contributed by atoms with van der Waals surface area (Å²) in [5.74, 6) is -0.360. The lowest BCUT2D eigenvalue weighted by Crippen LogP contribution is -2.39. The van der Waals surface area contributed by atoms with Gasteiger partial charge in [-0.2, -0.15) is 0 Å². The maximum atomic E-state index is 11.9. The van der Waals surface area contributed by atoms with Gasteiger partial charge in [0.05, 0.1) is 18.2 Å². The molecule has 1 amide bonds. The van der Waals surface area contributed by atoms with Crippen molar-refractivity contribution in [2.24, 2.45) is 5.92 Å². The zero-order valence-corrected chi connectivity index (χ0v) is 12.2. The molecule has 2 N–H and O–H groups in total. The van der Waals surface area contributed by atoms with E-state index in [0.29, 0.717) is 25.4 Å².